The summed E-state index contributed by atoms with van der Waals surface area (Å²) in [4.78, 5) is 21.4. The van der Waals surface area contributed by atoms with Crippen molar-refractivity contribution in [2.24, 2.45) is 0 Å². The van der Waals surface area contributed by atoms with Crippen molar-refractivity contribution >= 4 is 29.2 Å². The van der Waals surface area contributed by atoms with Crippen LogP contribution in [0, 0.1) is 0 Å². The molecule has 0 aliphatic carbocycles. The van der Waals surface area contributed by atoms with Gasteiger partial charge in [-0.15, -0.1) is 0 Å². The summed E-state index contributed by atoms with van der Waals surface area (Å²) < 4.78 is 4.82. The Balaban J connectivity index is 2.87. The zero-order valence-corrected chi connectivity index (χ0v) is 9.09. The standard InChI is InChI=1S/C10H10ClNO3/c1-6(13)12-10-4-3-8(5-9(10)11)15-7(2)14/h3-5H,1-2H3,(H,12,13). The summed E-state index contributed by atoms with van der Waals surface area (Å²) in [5.74, 6) is -0.280. The van der Waals surface area contributed by atoms with Gasteiger partial charge in [0.2, 0.25) is 5.91 Å². The number of halogens is 1. The fraction of sp³-hybridized carbons (Fsp3) is 0.200. The maximum Gasteiger partial charge on any atom is 0.308 e. The predicted octanol–water partition coefficient (Wildman–Crippen LogP) is 2.22. The summed E-state index contributed by atoms with van der Waals surface area (Å²) in [5.41, 5.74) is 0.486. The summed E-state index contributed by atoms with van der Waals surface area (Å²) >= 11 is 5.85. The number of esters is 1. The van der Waals surface area contributed by atoms with Gasteiger partial charge in [-0.25, -0.2) is 0 Å². The molecule has 0 saturated carbocycles. The van der Waals surface area contributed by atoms with Crippen molar-refractivity contribution in [1.29, 1.82) is 0 Å². The molecule has 80 valence electrons. The molecule has 0 aromatic heterocycles. The van der Waals surface area contributed by atoms with E-state index in [1.807, 2.05) is 0 Å². The molecule has 0 aliphatic heterocycles. The zero-order chi connectivity index (χ0) is 11.4. The van der Waals surface area contributed by atoms with Crippen LogP contribution < -0.4 is 10.1 Å². The number of carbonyl (C=O) groups excluding carboxylic acids is 2. The highest BCUT2D eigenvalue weighted by Crippen LogP contribution is 2.26. The smallest absolute Gasteiger partial charge is 0.308 e. The van der Waals surface area contributed by atoms with Crippen LogP contribution in [0.25, 0.3) is 0 Å². The van der Waals surface area contributed by atoms with Crippen LogP contribution in [-0.4, -0.2) is 11.9 Å². The summed E-state index contributed by atoms with van der Waals surface area (Å²) in [6.45, 7) is 2.69. The average molecular weight is 228 g/mol. The molecule has 0 heterocycles. The van der Waals surface area contributed by atoms with Gasteiger partial charge in [0.15, 0.2) is 0 Å². The summed E-state index contributed by atoms with van der Waals surface area (Å²) in [6.07, 6.45) is 0. The molecule has 0 spiro atoms. The SMILES string of the molecule is CC(=O)Nc1ccc(OC(C)=O)cc1Cl. The first-order valence-corrected chi connectivity index (χ1v) is 4.62. The molecule has 0 radical (unpaired) electrons. The van der Waals surface area contributed by atoms with E-state index < -0.39 is 5.97 Å². The van der Waals surface area contributed by atoms with E-state index in [0.717, 1.165) is 0 Å². The van der Waals surface area contributed by atoms with Crippen LogP contribution in [0.15, 0.2) is 18.2 Å². The first-order valence-electron chi connectivity index (χ1n) is 4.24. The zero-order valence-electron chi connectivity index (χ0n) is 8.33. The molecule has 1 rings (SSSR count). The molecule has 1 amide bonds. The second kappa shape index (κ2) is 4.79. The van der Waals surface area contributed by atoms with Gasteiger partial charge in [-0.1, -0.05) is 11.6 Å². The van der Waals surface area contributed by atoms with Crippen LogP contribution >= 0.6 is 11.6 Å². The Morgan fingerprint density at radius 2 is 2.00 bits per heavy atom. The quantitative estimate of drug-likeness (QED) is 0.623. The molecule has 0 atom stereocenters. The van der Waals surface area contributed by atoms with Crippen LogP contribution in [0.4, 0.5) is 5.69 Å². The Morgan fingerprint density at radius 1 is 1.33 bits per heavy atom. The third kappa shape index (κ3) is 3.59. The van der Waals surface area contributed by atoms with E-state index in [1.165, 1.54) is 19.9 Å². The van der Waals surface area contributed by atoms with E-state index in [0.29, 0.717) is 16.5 Å². The van der Waals surface area contributed by atoms with Gasteiger partial charge in [0.05, 0.1) is 10.7 Å². The number of benzene rings is 1. The molecule has 1 N–H and O–H groups in total. The minimum absolute atomic E-state index is 0.211. The van der Waals surface area contributed by atoms with Gasteiger partial charge in [-0.3, -0.25) is 9.59 Å². The maximum atomic E-state index is 10.8. The van der Waals surface area contributed by atoms with Gasteiger partial charge in [0.25, 0.3) is 0 Å². The Hall–Kier alpha value is -1.55. The molecule has 0 saturated heterocycles. The number of nitrogens with one attached hydrogen (secondary N) is 1. The third-order valence-electron chi connectivity index (χ3n) is 1.51. The molecular weight excluding hydrogens is 218 g/mol. The van der Waals surface area contributed by atoms with Crippen molar-refractivity contribution in [2.45, 2.75) is 13.8 Å². The van der Waals surface area contributed by atoms with Crippen molar-refractivity contribution in [1.82, 2.24) is 0 Å². The second-order valence-electron chi connectivity index (χ2n) is 2.92. The number of anilines is 1. The number of carbonyl (C=O) groups is 2. The number of ether oxygens (including phenoxy) is 1. The van der Waals surface area contributed by atoms with Gasteiger partial charge in [0.1, 0.15) is 5.75 Å². The van der Waals surface area contributed by atoms with Gasteiger partial charge in [-0.05, 0) is 12.1 Å². The van der Waals surface area contributed by atoms with Crippen LogP contribution in [0.1, 0.15) is 13.8 Å². The van der Waals surface area contributed by atoms with E-state index in [2.05, 4.69) is 5.32 Å². The summed E-state index contributed by atoms with van der Waals surface area (Å²) in [5, 5.41) is 2.87. The Morgan fingerprint density at radius 3 is 2.47 bits per heavy atom. The molecule has 5 heteroatoms. The van der Waals surface area contributed by atoms with Crippen LogP contribution in [0.3, 0.4) is 0 Å². The maximum absolute atomic E-state index is 10.8. The fourth-order valence-electron chi connectivity index (χ4n) is 1.02. The fourth-order valence-corrected chi connectivity index (χ4v) is 1.23. The minimum Gasteiger partial charge on any atom is -0.427 e. The lowest BCUT2D eigenvalue weighted by atomic mass is 10.3. The van der Waals surface area contributed by atoms with Gasteiger partial charge in [-0.2, -0.15) is 0 Å². The average Bonchev–Trinajstić information content (AvgIpc) is 2.08. The highest BCUT2D eigenvalue weighted by Gasteiger charge is 2.05. The van der Waals surface area contributed by atoms with Gasteiger partial charge in [0, 0.05) is 19.9 Å². The lowest BCUT2D eigenvalue weighted by molar-refractivity contribution is -0.131. The van der Waals surface area contributed by atoms with E-state index in [-0.39, 0.29) is 5.91 Å². The number of hydrogen-bond donors (Lipinski definition) is 1. The normalized spacial score (nSPS) is 9.53. The highest BCUT2D eigenvalue weighted by atomic mass is 35.5. The number of rotatable bonds is 2. The molecule has 0 bridgehead atoms. The molecule has 0 fully saturated rings. The topological polar surface area (TPSA) is 55.4 Å². The monoisotopic (exact) mass is 227 g/mol. The Bertz CT molecular complexity index is 404. The van der Waals surface area contributed by atoms with Crippen molar-refractivity contribution in [2.75, 3.05) is 5.32 Å². The Labute approximate surface area is 92.2 Å². The van der Waals surface area contributed by atoms with Crippen LogP contribution in [0.5, 0.6) is 5.75 Å². The van der Waals surface area contributed by atoms with Gasteiger partial charge >= 0.3 is 5.97 Å². The minimum atomic E-state index is -0.418. The first kappa shape index (κ1) is 11.5. The second-order valence-corrected chi connectivity index (χ2v) is 3.32. The van der Waals surface area contributed by atoms with Gasteiger partial charge < -0.3 is 10.1 Å². The van der Waals surface area contributed by atoms with Crippen molar-refractivity contribution < 1.29 is 14.3 Å². The third-order valence-corrected chi connectivity index (χ3v) is 1.83. The van der Waals surface area contributed by atoms with E-state index in [1.54, 1.807) is 12.1 Å². The Kier molecular flexibility index (Phi) is 3.68. The lowest BCUT2D eigenvalue weighted by Gasteiger charge is -2.06. The van der Waals surface area contributed by atoms with Crippen LogP contribution in [0.2, 0.25) is 5.02 Å². The molecule has 0 unspecified atom stereocenters. The predicted molar refractivity (Wildman–Crippen MR) is 57.1 cm³/mol. The molecule has 15 heavy (non-hydrogen) atoms. The molecule has 4 nitrogen and oxygen atoms in total. The lowest BCUT2D eigenvalue weighted by Crippen LogP contribution is -2.06. The number of hydrogen-bond acceptors (Lipinski definition) is 3. The van der Waals surface area contributed by atoms with Crippen molar-refractivity contribution in [3.05, 3.63) is 23.2 Å². The number of amides is 1. The molecular formula is C10H10ClNO3. The van der Waals surface area contributed by atoms with E-state index in [9.17, 15) is 9.59 Å². The van der Waals surface area contributed by atoms with E-state index >= 15 is 0 Å². The molecule has 0 aliphatic rings. The van der Waals surface area contributed by atoms with Crippen LogP contribution in [-0.2, 0) is 9.59 Å². The summed E-state index contributed by atoms with van der Waals surface area (Å²) in [6, 6.07) is 4.59. The highest BCUT2D eigenvalue weighted by molar-refractivity contribution is 6.33. The van der Waals surface area contributed by atoms with Crippen molar-refractivity contribution in [3.8, 4) is 5.75 Å². The summed E-state index contributed by atoms with van der Waals surface area (Å²) in [7, 11) is 0. The van der Waals surface area contributed by atoms with E-state index in [4.69, 9.17) is 16.3 Å². The largest absolute Gasteiger partial charge is 0.427 e. The molecule has 1 aromatic rings. The molecule has 1 aromatic carbocycles. The van der Waals surface area contributed by atoms with Crippen molar-refractivity contribution in [3.63, 3.8) is 0 Å². The first-order chi connectivity index (χ1) is 6.99.